The molecule has 0 aromatic heterocycles. The molecule has 0 fully saturated rings. The van der Waals surface area contributed by atoms with Crippen molar-refractivity contribution in [2.75, 3.05) is 5.73 Å². The second-order valence-electron chi connectivity index (χ2n) is 3.79. The predicted molar refractivity (Wildman–Crippen MR) is 69.1 cm³/mol. The number of fused-ring (bicyclic) bond motifs is 1. The fourth-order valence-corrected chi connectivity index (χ4v) is 3.37. The van der Waals surface area contributed by atoms with E-state index in [2.05, 4.69) is 0 Å². The molecule has 0 saturated heterocycles. The molecule has 0 heterocycles. The first-order chi connectivity index (χ1) is 8.62. The summed E-state index contributed by atoms with van der Waals surface area (Å²) < 4.78 is 63.3. The Morgan fingerprint density at radius 1 is 1.00 bits per heavy atom. The van der Waals surface area contributed by atoms with E-state index in [9.17, 15) is 21.4 Å². The standard InChI is InChI=1S/C10H9NO6S2.K.H/c11-9-8(18(12,13)14)5-6-3-1-2-4-7(6)10(9)19(15,16)17;;/h1-5H,11H2,(H,12,13,14)(H,15,16,17);;/q;+1;-1. The van der Waals surface area contributed by atoms with Crippen molar-refractivity contribution in [1.82, 2.24) is 0 Å². The van der Waals surface area contributed by atoms with Gasteiger partial charge in [0.05, 0.1) is 5.69 Å². The van der Waals surface area contributed by atoms with E-state index in [4.69, 9.17) is 10.3 Å². The minimum absolute atomic E-state index is 0. The van der Waals surface area contributed by atoms with Gasteiger partial charge in [-0.2, -0.15) is 16.8 Å². The number of hydrogen-bond donors (Lipinski definition) is 3. The van der Waals surface area contributed by atoms with Crippen LogP contribution in [0.2, 0.25) is 0 Å². The Balaban J connectivity index is 0.00000200. The Hall–Kier alpha value is -0.0436. The molecule has 0 amide bonds. The molecule has 2 rings (SSSR count). The van der Waals surface area contributed by atoms with Crippen LogP contribution in [-0.4, -0.2) is 25.9 Å². The summed E-state index contributed by atoms with van der Waals surface area (Å²) in [5, 5.41) is 0.270. The topological polar surface area (TPSA) is 135 Å². The third-order valence-corrected chi connectivity index (χ3v) is 4.39. The maximum atomic E-state index is 11.3. The molecule has 0 bridgehead atoms. The molecule has 20 heavy (non-hydrogen) atoms. The van der Waals surface area contributed by atoms with E-state index < -0.39 is 35.7 Å². The van der Waals surface area contributed by atoms with Crippen LogP contribution in [0.15, 0.2) is 40.1 Å². The van der Waals surface area contributed by atoms with E-state index in [-0.39, 0.29) is 63.6 Å². The maximum absolute atomic E-state index is 11.3. The van der Waals surface area contributed by atoms with E-state index in [1.807, 2.05) is 0 Å². The van der Waals surface area contributed by atoms with Gasteiger partial charge in [-0.1, -0.05) is 24.3 Å². The van der Waals surface area contributed by atoms with Gasteiger partial charge >= 0.3 is 51.4 Å². The van der Waals surface area contributed by atoms with Crippen LogP contribution >= 0.6 is 0 Å². The summed E-state index contributed by atoms with van der Waals surface area (Å²) in [5.74, 6) is 0. The molecule has 0 saturated carbocycles. The van der Waals surface area contributed by atoms with E-state index in [0.717, 1.165) is 6.07 Å². The quantitative estimate of drug-likeness (QED) is 0.327. The number of hydrogen-bond acceptors (Lipinski definition) is 5. The van der Waals surface area contributed by atoms with Crippen molar-refractivity contribution >= 4 is 36.7 Å². The zero-order valence-electron chi connectivity index (χ0n) is 11.3. The van der Waals surface area contributed by atoms with Crippen LogP contribution in [-0.2, 0) is 20.2 Å². The van der Waals surface area contributed by atoms with E-state index >= 15 is 0 Å². The molecule has 10 heteroatoms. The zero-order chi connectivity index (χ0) is 14.4. The van der Waals surface area contributed by atoms with Crippen LogP contribution in [0.5, 0.6) is 0 Å². The maximum Gasteiger partial charge on any atom is 1.00 e. The average Bonchev–Trinajstić information content (AvgIpc) is 2.24. The summed E-state index contributed by atoms with van der Waals surface area (Å²) in [7, 11) is -9.45. The first-order valence-corrected chi connectivity index (χ1v) is 7.76. The van der Waals surface area contributed by atoms with Crippen molar-refractivity contribution in [3.05, 3.63) is 30.3 Å². The van der Waals surface area contributed by atoms with Gasteiger partial charge < -0.3 is 7.16 Å². The van der Waals surface area contributed by atoms with Crippen LogP contribution in [0.3, 0.4) is 0 Å². The summed E-state index contributed by atoms with van der Waals surface area (Å²) in [6.45, 7) is 0. The summed E-state index contributed by atoms with van der Waals surface area (Å²) >= 11 is 0. The molecule has 2 aromatic carbocycles. The SMILES string of the molecule is Nc1c(S(=O)(=O)O)cc2ccccc2c1S(=O)(=O)O.[H-].[K+]. The van der Waals surface area contributed by atoms with Gasteiger partial charge in [0, 0.05) is 5.39 Å². The van der Waals surface area contributed by atoms with E-state index in [1.165, 1.54) is 18.2 Å². The van der Waals surface area contributed by atoms with Gasteiger partial charge in [0.15, 0.2) is 0 Å². The molecule has 0 aliphatic carbocycles. The van der Waals surface area contributed by atoms with Crippen molar-refractivity contribution in [2.45, 2.75) is 9.79 Å². The van der Waals surface area contributed by atoms with E-state index in [0.29, 0.717) is 0 Å². The smallest absolute Gasteiger partial charge is 1.00 e. The third-order valence-electron chi connectivity index (χ3n) is 2.54. The van der Waals surface area contributed by atoms with Crippen LogP contribution in [0.1, 0.15) is 1.43 Å². The number of rotatable bonds is 2. The van der Waals surface area contributed by atoms with Gasteiger partial charge in [-0.05, 0) is 11.5 Å². The molecule has 0 atom stereocenters. The van der Waals surface area contributed by atoms with Crippen molar-refractivity contribution in [3.8, 4) is 0 Å². The molecular weight excluding hydrogens is 333 g/mol. The molecule has 7 nitrogen and oxygen atoms in total. The van der Waals surface area contributed by atoms with Gasteiger partial charge in [-0.15, -0.1) is 0 Å². The first kappa shape index (κ1) is 18.0. The average molecular weight is 343 g/mol. The molecular formula is C10H10KNO6S2. The minimum Gasteiger partial charge on any atom is -1.00 e. The monoisotopic (exact) mass is 343 g/mol. The fraction of sp³-hybridized carbons (Fsp3) is 0. The zero-order valence-corrected chi connectivity index (χ0v) is 15.1. The molecule has 0 aliphatic heterocycles. The molecule has 0 unspecified atom stereocenters. The second kappa shape index (κ2) is 5.99. The summed E-state index contributed by atoms with van der Waals surface area (Å²) in [5.41, 5.74) is 4.72. The Bertz CT molecular complexity index is 882. The molecule has 0 aliphatic rings. The van der Waals surface area contributed by atoms with Crippen LogP contribution in [0.25, 0.3) is 10.8 Å². The van der Waals surface area contributed by atoms with Crippen LogP contribution in [0.4, 0.5) is 5.69 Å². The van der Waals surface area contributed by atoms with Gasteiger partial charge in [0.2, 0.25) is 0 Å². The third kappa shape index (κ3) is 3.40. The Morgan fingerprint density at radius 3 is 2.05 bits per heavy atom. The normalized spacial score (nSPS) is 12.1. The Morgan fingerprint density at radius 2 is 1.55 bits per heavy atom. The minimum atomic E-state index is -4.74. The Kier molecular flexibility index (Phi) is 5.39. The largest absolute Gasteiger partial charge is 1.00 e. The Labute approximate surface area is 159 Å². The van der Waals surface area contributed by atoms with Crippen LogP contribution in [0, 0.1) is 0 Å². The van der Waals surface area contributed by atoms with Crippen LogP contribution < -0.4 is 57.1 Å². The number of nitrogens with two attached hydrogens (primary N) is 1. The molecule has 0 spiro atoms. The molecule has 0 radical (unpaired) electrons. The number of nitrogen functional groups attached to an aromatic ring is 1. The van der Waals surface area contributed by atoms with E-state index in [1.54, 1.807) is 6.07 Å². The predicted octanol–water partition coefficient (Wildman–Crippen LogP) is -1.97. The van der Waals surface area contributed by atoms with Crippen molar-refractivity contribution in [3.63, 3.8) is 0 Å². The number of benzene rings is 2. The van der Waals surface area contributed by atoms with Gasteiger partial charge in [-0.3, -0.25) is 9.11 Å². The summed E-state index contributed by atoms with van der Waals surface area (Å²) in [4.78, 5) is -1.50. The summed E-state index contributed by atoms with van der Waals surface area (Å²) in [6.07, 6.45) is 0. The van der Waals surface area contributed by atoms with Gasteiger partial charge in [0.25, 0.3) is 20.2 Å². The van der Waals surface area contributed by atoms with Gasteiger partial charge in [-0.25, -0.2) is 0 Å². The second-order valence-corrected chi connectivity index (χ2v) is 6.54. The number of anilines is 1. The fourth-order valence-electron chi connectivity index (χ4n) is 1.80. The molecule has 4 N–H and O–H groups in total. The van der Waals surface area contributed by atoms with Crippen molar-refractivity contribution in [1.29, 1.82) is 0 Å². The van der Waals surface area contributed by atoms with Crippen molar-refractivity contribution in [2.24, 2.45) is 0 Å². The van der Waals surface area contributed by atoms with Gasteiger partial charge in [0.1, 0.15) is 9.79 Å². The first-order valence-electron chi connectivity index (χ1n) is 4.88. The molecule has 104 valence electrons. The van der Waals surface area contributed by atoms with Crippen molar-refractivity contribution < 1.29 is 78.8 Å². The molecule has 2 aromatic rings. The summed E-state index contributed by atoms with van der Waals surface area (Å²) in [6, 6.07) is 6.87.